The topological polar surface area (TPSA) is 3.24 Å². The molecule has 1 atom stereocenters. The maximum absolute atomic E-state index is 2.43. The van der Waals surface area contributed by atoms with Gasteiger partial charge in [-0.3, -0.25) is 0 Å². The monoisotopic (exact) mass is 109 g/mol. The summed E-state index contributed by atoms with van der Waals surface area (Å²) in [5, 5.41) is 0. The van der Waals surface area contributed by atoms with E-state index in [1.165, 1.54) is 25.8 Å². The van der Waals surface area contributed by atoms with Crippen molar-refractivity contribution in [2.45, 2.75) is 25.3 Å². The molecule has 0 radical (unpaired) electrons. The molecule has 0 N–H and O–H groups in total. The summed E-state index contributed by atoms with van der Waals surface area (Å²) in [6.07, 6.45) is 8.66. The van der Waals surface area contributed by atoms with Gasteiger partial charge in [-0.25, -0.2) is 0 Å². The van der Waals surface area contributed by atoms with Crippen molar-refractivity contribution in [1.29, 1.82) is 0 Å². The van der Waals surface area contributed by atoms with E-state index in [1.54, 1.807) is 0 Å². The van der Waals surface area contributed by atoms with E-state index >= 15 is 0 Å². The zero-order valence-electron chi connectivity index (χ0n) is 5.01. The van der Waals surface area contributed by atoms with Gasteiger partial charge in [-0.2, -0.15) is 0 Å². The Morgan fingerprint density at radius 3 is 2.75 bits per heavy atom. The highest BCUT2D eigenvalue weighted by Crippen LogP contribution is 2.25. The highest BCUT2D eigenvalue weighted by molar-refractivity contribution is 4.98. The lowest BCUT2D eigenvalue weighted by Gasteiger charge is -2.42. The van der Waals surface area contributed by atoms with Crippen LogP contribution in [0, 0.1) is 0 Å². The second-order valence-electron chi connectivity index (χ2n) is 2.64. The molecular formula is C7H11N. The normalized spacial score (nSPS) is 34.0. The minimum absolute atomic E-state index is 0.931. The smallest absolute Gasteiger partial charge is 0.0304 e. The van der Waals surface area contributed by atoms with Crippen molar-refractivity contribution in [2.24, 2.45) is 0 Å². The number of rotatable bonds is 0. The average molecular weight is 109 g/mol. The molecule has 0 saturated carbocycles. The van der Waals surface area contributed by atoms with E-state index in [1.807, 2.05) is 0 Å². The van der Waals surface area contributed by atoms with Gasteiger partial charge in [0.25, 0.3) is 0 Å². The number of fused-ring (bicyclic) bond motifs is 1. The maximum Gasteiger partial charge on any atom is 0.0304 e. The molecule has 0 aliphatic carbocycles. The molecule has 1 unspecified atom stereocenters. The van der Waals surface area contributed by atoms with Gasteiger partial charge in [-0.05, 0) is 25.5 Å². The van der Waals surface area contributed by atoms with E-state index in [-0.39, 0.29) is 0 Å². The summed E-state index contributed by atoms with van der Waals surface area (Å²) in [6.45, 7) is 1.31. The molecule has 0 aromatic heterocycles. The molecule has 1 saturated heterocycles. The summed E-state index contributed by atoms with van der Waals surface area (Å²) in [7, 11) is 0. The second-order valence-corrected chi connectivity index (χ2v) is 2.64. The number of hydrogen-bond acceptors (Lipinski definition) is 1. The summed E-state index contributed by atoms with van der Waals surface area (Å²) in [5.74, 6) is 0. The van der Waals surface area contributed by atoms with E-state index in [0.717, 1.165) is 6.04 Å². The van der Waals surface area contributed by atoms with E-state index in [2.05, 4.69) is 17.2 Å². The van der Waals surface area contributed by atoms with Crippen LogP contribution < -0.4 is 0 Å². The molecule has 2 heterocycles. The number of hydrogen-bond donors (Lipinski definition) is 0. The van der Waals surface area contributed by atoms with Crippen LogP contribution in [0.25, 0.3) is 0 Å². The third-order valence-corrected chi connectivity index (χ3v) is 2.15. The van der Waals surface area contributed by atoms with E-state index < -0.39 is 0 Å². The molecule has 8 heavy (non-hydrogen) atoms. The molecule has 1 nitrogen and oxygen atoms in total. The molecule has 0 amide bonds. The predicted molar refractivity (Wildman–Crippen MR) is 33.5 cm³/mol. The lowest BCUT2D eigenvalue weighted by molar-refractivity contribution is 0.136. The van der Waals surface area contributed by atoms with Crippen LogP contribution in [0.2, 0.25) is 0 Å². The van der Waals surface area contributed by atoms with Gasteiger partial charge in [-0.1, -0.05) is 6.08 Å². The molecule has 0 aromatic rings. The molecule has 44 valence electrons. The Labute approximate surface area is 50.0 Å². The highest BCUT2D eigenvalue weighted by atomic mass is 15.2. The SMILES string of the molecule is C1=CN2CCC2CC1. The minimum atomic E-state index is 0.931. The third kappa shape index (κ3) is 0.473. The molecule has 2 aliphatic heterocycles. The largest absolute Gasteiger partial charge is 0.375 e. The van der Waals surface area contributed by atoms with Gasteiger partial charge < -0.3 is 4.90 Å². The molecule has 0 bridgehead atoms. The van der Waals surface area contributed by atoms with Crippen molar-refractivity contribution in [3.63, 3.8) is 0 Å². The van der Waals surface area contributed by atoms with Gasteiger partial charge in [0.2, 0.25) is 0 Å². The first kappa shape index (κ1) is 4.42. The lowest BCUT2D eigenvalue weighted by atomic mass is 9.96. The van der Waals surface area contributed by atoms with Crippen LogP contribution >= 0.6 is 0 Å². The van der Waals surface area contributed by atoms with Gasteiger partial charge in [-0.15, -0.1) is 0 Å². The van der Waals surface area contributed by atoms with Gasteiger partial charge in [0.1, 0.15) is 0 Å². The van der Waals surface area contributed by atoms with E-state index in [0.29, 0.717) is 0 Å². The molecular weight excluding hydrogens is 98.1 g/mol. The Bertz CT molecular complexity index is 118. The zero-order chi connectivity index (χ0) is 5.40. The lowest BCUT2D eigenvalue weighted by Crippen LogP contribution is -2.44. The Morgan fingerprint density at radius 2 is 2.38 bits per heavy atom. The van der Waals surface area contributed by atoms with E-state index in [9.17, 15) is 0 Å². The third-order valence-electron chi connectivity index (χ3n) is 2.15. The van der Waals surface area contributed by atoms with Crippen molar-refractivity contribution in [1.82, 2.24) is 4.90 Å². The zero-order valence-corrected chi connectivity index (χ0v) is 5.01. The van der Waals surface area contributed by atoms with Crippen molar-refractivity contribution >= 4 is 0 Å². The van der Waals surface area contributed by atoms with Crippen molar-refractivity contribution in [2.75, 3.05) is 6.54 Å². The van der Waals surface area contributed by atoms with Crippen LogP contribution in [0.5, 0.6) is 0 Å². The fraction of sp³-hybridized carbons (Fsp3) is 0.714. The molecule has 2 aliphatic rings. The molecule has 2 rings (SSSR count). The van der Waals surface area contributed by atoms with Crippen molar-refractivity contribution in [3.8, 4) is 0 Å². The van der Waals surface area contributed by atoms with Crippen LogP contribution in [0.15, 0.2) is 12.3 Å². The summed E-state index contributed by atoms with van der Waals surface area (Å²) >= 11 is 0. The number of allylic oxidation sites excluding steroid dienone is 1. The van der Waals surface area contributed by atoms with Crippen molar-refractivity contribution < 1.29 is 0 Å². The average Bonchev–Trinajstić information content (AvgIpc) is 1.72. The van der Waals surface area contributed by atoms with Crippen LogP contribution in [-0.2, 0) is 0 Å². The minimum Gasteiger partial charge on any atom is -0.375 e. The van der Waals surface area contributed by atoms with Crippen LogP contribution in [0.1, 0.15) is 19.3 Å². The summed E-state index contributed by atoms with van der Waals surface area (Å²) in [4.78, 5) is 2.43. The molecule has 1 fully saturated rings. The molecule has 0 spiro atoms. The second kappa shape index (κ2) is 1.51. The maximum atomic E-state index is 2.43. The molecule has 0 aromatic carbocycles. The summed E-state index contributed by atoms with van der Waals surface area (Å²) < 4.78 is 0. The van der Waals surface area contributed by atoms with E-state index in [4.69, 9.17) is 0 Å². The van der Waals surface area contributed by atoms with Crippen molar-refractivity contribution in [3.05, 3.63) is 12.3 Å². The quantitative estimate of drug-likeness (QED) is 0.454. The Hall–Kier alpha value is -0.460. The van der Waals surface area contributed by atoms with Gasteiger partial charge in [0.05, 0.1) is 0 Å². The fourth-order valence-electron chi connectivity index (χ4n) is 1.47. The first-order valence-corrected chi connectivity index (χ1v) is 3.39. The summed E-state index contributed by atoms with van der Waals surface area (Å²) in [5.41, 5.74) is 0. The Balaban J connectivity index is 2.08. The highest BCUT2D eigenvalue weighted by Gasteiger charge is 2.25. The van der Waals surface area contributed by atoms with Gasteiger partial charge in [0.15, 0.2) is 0 Å². The van der Waals surface area contributed by atoms with Gasteiger partial charge in [0, 0.05) is 12.6 Å². The summed E-state index contributed by atoms with van der Waals surface area (Å²) in [6, 6.07) is 0.931. The fourth-order valence-corrected chi connectivity index (χ4v) is 1.47. The number of nitrogens with zero attached hydrogens (tertiary/aromatic N) is 1. The van der Waals surface area contributed by atoms with Crippen LogP contribution in [0.4, 0.5) is 0 Å². The predicted octanol–water partition coefficient (Wildman–Crippen LogP) is 1.37. The van der Waals surface area contributed by atoms with Crippen LogP contribution in [-0.4, -0.2) is 17.5 Å². The Morgan fingerprint density at radius 1 is 1.38 bits per heavy atom. The first-order valence-electron chi connectivity index (χ1n) is 3.39. The first-order chi connectivity index (χ1) is 3.97. The van der Waals surface area contributed by atoms with Crippen LogP contribution in [0.3, 0.4) is 0 Å². The van der Waals surface area contributed by atoms with Gasteiger partial charge >= 0.3 is 0 Å². The standard InChI is InChI=1S/C7H11N/c1-2-5-8-6-4-7(8)3-1/h2,5,7H,1,3-4,6H2. The Kier molecular flexibility index (Phi) is 0.833. The molecule has 1 heteroatoms.